The standard InChI is InChI=1S/C15H23NO2/c1-4-6-11-18-14-9-7-13(8-10-14)15(17)16-12(3)5-2/h7-10,12H,4-6,11H2,1-3H3,(H,16,17)/t12-/m1/s1. The molecule has 3 nitrogen and oxygen atoms in total. The van der Waals surface area contributed by atoms with Gasteiger partial charge in [-0.05, 0) is 44.0 Å². The Morgan fingerprint density at radius 1 is 1.28 bits per heavy atom. The number of carbonyl (C=O) groups is 1. The van der Waals surface area contributed by atoms with Crippen molar-refractivity contribution in [2.24, 2.45) is 0 Å². The molecule has 1 amide bonds. The lowest BCUT2D eigenvalue weighted by Gasteiger charge is -2.11. The number of nitrogens with one attached hydrogen (secondary N) is 1. The van der Waals surface area contributed by atoms with Gasteiger partial charge in [-0.25, -0.2) is 0 Å². The highest BCUT2D eigenvalue weighted by Gasteiger charge is 2.08. The average molecular weight is 249 g/mol. The fourth-order valence-electron chi connectivity index (χ4n) is 1.45. The Morgan fingerprint density at radius 3 is 2.50 bits per heavy atom. The van der Waals surface area contributed by atoms with E-state index < -0.39 is 0 Å². The highest BCUT2D eigenvalue weighted by Crippen LogP contribution is 2.13. The first-order valence-electron chi connectivity index (χ1n) is 6.71. The van der Waals surface area contributed by atoms with Crippen LogP contribution in [0.25, 0.3) is 0 Å². The van der Waals surface area contributed by atoms with Crippen LogP contribution in [0.4, 0.5) is 0 Å². The van der Waals surface area contributed by atoms with E-state index in [1.807, 2.05) is 19.1 Å². The lowest BCUT2D eigenvalue weighted by Crippen LogP contribution is -2.31. The Labute approximate surface area is 110 Å². The second-order valence-electron chi connectivity index (χ2n) is 4.51. The summed E-state index contributed by atoms with van der Waals surface area (Å²) in [6, 6.07) is 7.51. The molecule has 0 aliphatic rings. The predicted molar refractivity (Wildman–Crippen MR) is 74.1 cm³/mol. The van der Waals surface area contributed by atoms with Gasteiger partial charge in [0.05, 0.1) is 6.61 Å². The molecule has 0 aliphatic heterocycles. The van der Waals surface area contributed by atoms with Crippen LogP contribution in [0, 0.1) is 0 Å². The lowest BCUT2D eigenvalue weighted by atomic mass is 10.2. The van der Waals surface area contributed by atoms with Crippen LogP contribution in [0.1, 0.15) is 50.4 Å². The topological polar surface area (TPSA) is 38.3 Å². The van der Waals surface area contributed by atoms with Crippen LogP contribution in [-0.2, 0) is 0 Å². The van der Waals surface area contributed by atoms with Crippen LogP contribution in [-0.4, -0.2) is 18.6 Å². The van der Waals surface area contributed by atoms with E-state index in [0.29, 0.717) is 5.56 Å². The van der Waals surface area contributed by atoms with Crippen molar-refractivity contribution < 1.29 is 9.53 Å². The average Bonchev–Trinajstić information content (AvgIpc) is 2.39. The normalized spacial score (nSPS) is 11.9. The molecule has 0 spiro atoms. The van der Waals surface area contributed by atoms with Crippen molar-refractivity contribution >= 4 is 5.91 Å². The zero-order valence-corrected chi connectivity index (χ0v) is 11.5. The van der Waals surface area contributed by atoms with E-state index >= 15 is 0 Å². The third-order valence-corrected chi connectivity index (χ3v) is 2.87. The van der Waals surface area contributed by atoms with Crippen molar-refractivity contribution in [3.63, 3.8) is 0 Å². The van der Waals surface area contributed by atoms with E-state index in [1.165, 1.54) is 0 Å². The van der Waals surface area contributed by atoms with E-state index in [1.54, 1.807) is 12.1 Å². The first-order valence-corrected chi connectivity index (χ1v) is 6.71. The second-order valence-corrected chi connectivity index (χ2v) is 4.51. The van der Waals surface area contributed by atoms with Crippen molar-refractivity contribution in [1.82, 2.24) is 5.32 Å². The summed E-state index contributed by atoms with van der Waals surface area (Å²) in [6.45, 7) is 6.91. The number of rotatable bonds is 7. The molecule has 3 heteroatoms. The SMILES string of the molecule is CCCCOc1ccc(C(=O)N[C@H](C)CC)cc1. The quantitative estimate of drug-likeness (QED) is 0.752. The van der Waals surface area contributed by atoms with Crippen LogP contribution in [0.15, 0.2) is 24.3 Å². The molecule has 0 saturated heterocycles. The minimum atomic E-state index is -0.0236. The van der Waals surface area contributed by atoms with Gasteiger partial charge in [-0.1, -0.05) is 20.3 Å². The van der Waals surface area contributed by atoms with Gasteiger partial charge < -0.3 is 10.1 Å². The fraction of sp³-hybridized carbons (Fsp3) is 0.533. The van der Waals surface area contributed by atoms with Gasteiger partial charge in [-0.3, -0.25) is 4.79 Å². The summed E-state index contributed by atoms with van der Waals surface area (Å²) in [5, 5.41) is 2.94. The van der Waals surface area contributed by atoms with Gasteiger partial charge in [0.15, 0.2) is 0 Å². The molecule has 1 N–H and O–H groups in total. The zero-order valence-electron chi connectivity index (χ0n) is 11.5. The molecule has 0 unspecified atom stereocenters. The van der Waals surface area contributed by atoms with Gasteiger partial charge in [0, 0.05) is 11.6 Å². The van der Waals surface area contributed by atoms with Crippen molar-refractivity contribution in [1.29, 1.82) is 0 Å². The van der Waals surface area contributed by atoms with E-state index in [4.69, 9.17) is 4.74 Å². The molecule has 0 bridgehead atoms. The maximum atomic E-state index is 11.8. The fourth-order valence-corrected chi connectivity index (χ4v) is 1.45. The number of ether oxygens (including phenoxy) is 1. The summed E-state index contributed by atoms with van der Waals surface area (Å²) in [5.74, 6) is 0.799. The number of amides is 1. The van der Waals surface area contributed by atoms with E-state index in [2.05, 4.69) is 19.2 Å². The highest BCUT2D eigenvalue weighted by molar-refractivity contribution is 5.94. The molecule has 1 aromatic carbocycles. The molecule has 0 heterocycles. The van der Waals surface area contributed by atoms with E-state index in [9.17, 15) is 4.79 Å². The van der Waals surface area contributed by atoms with Crippen molar-refractivity contribution in [3.05, 3.63) is 29.8 Å². The van der Waals surface area contributed by atoms with Crippen LogP contribution >= 0.6 is 0 Å². The maximum Gasteiger partial charge on any atom is 0.251 e. The van der Waals surface area contributed by atoms with Gasteiger partial charge in [0.25, 0.3) is 5.91 Å². The Bertz CT molecular complexity index is 359. The smallest absolute Gasteiger partial charge is 0.251 e. The Morgan fingerprint density at radius 2 is 1.94 bits per heavy atom. The first kappa shape index (κ1) is 14.6. The minimum absolute atomic E-state index is 0.0236. The number of carbonyl (C=O) groups excluding carboxylic acids is 1. The second kappa shape index (κ2) is 7.75. The van der Waals surface area contributed by atoms with Crippen LogP contribution < -0.4 is 10.1 Å². The summed E-state index contributed by atoms with van der Waals surface area (Å²) >= 11 is 0. The van der Waals surface area contributed by atoms with Gasteiger partial charge in [0.2, 0.25) is 0 Å². The number of hydrogen-bond donors (Lipinski definition) is 1. The highest BCUT2D eigenvalue weighted by atomic mass is 16.5. The van der Waals surface area contributed by atoms with Crippen molar-refractivity contribution in [3.8, 4) is 5.75 Å². The number of benzene rings is 1. The number of hydrogen-bond acceptors (Lipinski definition) is 2. The van der Waals surface area contributed by atoms with E-state index in [0.717, 1.165) is 31.6 Å². The van der Waals surface area contributed by atoms with Crippen molar-refractivity contribution in [2.45, 2.75) is 46.1 Å². The Hall–Kier alpha value is -1.51. The van der Waals surface area contributed by atoms with Crippen LogP contribution in [0.2, 0.25) is 0 Å². The monoisotopic (exact) mass is 249 g/mol. The molecular formula is C15H23NO2. The maximum absolute atomic E-state index is 11.8. The lowest BCUT2D eigenvalue weighted by molar-refractivity contribution is 0.0939. The molecule has 100 valence electrons. The molecule has 18 heavy (non-hydrogen) atoms. The molecule has 0 aliphatic carbocycles. The molecule has 1 rings (SSSR count). The summed E-state index contributed by atoms with van der Waals surface area (Å²) < 4.78 is 5.55. The third kappa shape index (κ3) is 4.78. The first-order chi connectivity index (χ1) is 8.67. The van der Waals surface area contributed by atoms with Gasteiger partial charge in [0.1, 0.15) is 5.75 Å². The Kier molecular flexibility index (Phi) is 6.26. The van der Waals surface area contributed by atoms with Gasteiger partial charge in [-0.15, -0.1) is 0 Å². The van der Waals surface area contributed by atoms with E-state index in [-0.39, 0.29) is 11.9 Å². The summed E-state index contributed by atoms with van der Waals surface area (Å²) in [7, 11) is 0. The molecular weight excluding hydrogens is 226 g/mol. The predicted octanol–water partition coefficient (Wildman–Crippen LogP) is 3.39. The van der Waals surface area contributed by atoms with Crippen molar-refractivity contribution in [2.75, 3.05) is 6.61 Å². The summed E-state index contributed by atoms with van der Waals surface area (Å²) in [6.07, 6.45) is 3.11. The molecule has 0 saturated carbocycles. The van der Waals surface area contributed by atoms with Crippen LogP contribution in [0.3, 0.4) is 0 Å². The molecule has 1 aromatic rings. The summed E-state index contributed by atoms with van der Waals surface area (Å²) in [5.41, 5.74) is 0.679. The third-order valence-electron chi connectivity index (χ3n) is 2.87. The molecule has 0 radical (unpaired) electrons. The largest absolute Gasteiger partial charge is 0.494 e. The Balaban J connectivity index is 2.51. The minimum Gasteiger partial charge on any atom is -0.494 e. The molecule has 0 aromatic heterocycles. The summed E-state index contributed by atoms with van der Waals surface area (Å²) in [4.78, 5) is 11.8. The van der Waals surface area contributed by atoms with Crippen LogP contribution in [0.5, 0.6) is 5.75 Å². The zero-order chi connectivity index (χ0) is 13.4. The molecule has 0 fully saturated rings. The van der Waals surface area contributed by atoms with Gasteiger partial charge >= 0.3 is 0 Å². The van der Waals surface area contributed by atoms with Gasteiger partial charge in [-0.2, -0.15) is 0 Å². The number of unbranched alkanes of at least 4 members (excludes halogenated alkanes) is 1. The molecule has 1 atom stereocenters.